The van der Waals surface area contributed by atoms with E-state index in [2.05, 4.69) is 5.32 Å². The Balaban J connectivity index is 1.87. The van der Waals surface area contributed by atoms with Gasteiger partial charge in [0.25, 0.3) is 5.91 Å². The molecule has 1 N–H and O–H groups in total. The monoisotopic (exact) mass is 407 g/mol. The lowest BCUT2D eigenvalue weighted by atomic mass is 10.1. The van der Waals surface area contributed by atoms with Crippen LogP contribution in [0.2, 0.25) is 0 Å². The lowest BCUT2D eigenvalue weighted by Gasteiger charge is -2.08. The van der Waals surface area contributed by atoms with E-state index in [9.17, 15) is 18.8 Å². The number of thiophene rings is 1. The second-order valence-corrected chi connectivity index (χ2v) is 7.27. The van der Waals surface area contributed by atoms with Crippen LogP contribution < -0.4 is 5.32 Å². The zero-order valence-corrected chi connectivity index (χ0v) is 16.8. The highest BCUT2D eigenvalue weighted by molar-refractivity contribution is 7.16. The molecular formula is C20H22FNO5S. The zero-order valence-electron chi connectivity index (χ0n) is 16.0. The number of ether oxygens (including phenoxy) is 2. The molecule has 0 radical (unpaired) electrons. The van der Waals surface area contributed by atoms with Crippen molar-refractivity contribution in [1.29, 1.82) is 0 Å². The van der Waals surface area contributed by atoms with Crippen LogP contribution >= 0.6 is 11.3 Å². The average Bonchev–Trinajstić information content (AvgIpc) is 2.93. The van der Waals surface area contributed by atoms with Gasteiger partial charge < -0.3 is 14.8 Å². The Morgan fingerprint density at radius 1 is 1.11 bits per heavy atom. The minimum absolute atomic E-state index is 0.0736. The van der Waals surface area contributed by atoms with Crippen molar-refractivity contribution in [1.82, 2.24) is 0 Å². The molecule has 8 heteroatoms. The molecule has 0 spiro atoms. The molecule has 0 bridgehead atoms. The summed E-state index contributed by atoms with van der Waals surface area (Å²) in [6.07, 6.45) is 0.460. The van der Waals surface area contributed by atoms with Gasteiger partial charge in [0.2, 0.25) is 0 Å². The van der Waals surface area contributed by atoms with Crippen molar-refractivity contribution in [2.24, 2.45) is 0 Å². The van der Waals surface area contributed by atoms with Crippen molar-refractivity contribution >= 4 is 34.2 Å². The zero-order chi connectivity index (χ0) is 20.7. The first-order chi connectivity index (χ1) is 13.3. The molecule has 150 valence electrons. The van der Waals surface area contributed by atoms with Crippen molar-refractivity contribution in [3.8, 4) is 0 Å². The average molecular weight is 407 g/mol. The number of esters is 2. The predicted molar refractivity (Wildman–Crippen MR) is 104 cm³/mol. The van der Waals surface area contributed by atoms with E-state index in [1.54, 1.807) is 26.0 Å². The van der Waals surface area contributed by atoms with Gasteiger partial charge in [-0.2, -0.15) is 0 Å². The molecule has 0 aliphatic heterocycles. The number of halogens is 1. The highest BCUT2D eigenvalue weighted by atomic mass is 32.1. The summed E-state index contributed by atoms with van der Waals surface area (Å²) in [6, 6.07) is 5.82. The molecule has 1 aromatic carbocycles. The fourth-order valence-corrected chi connectivity index (χ4v) is 3.51. The van der Waals surface area contributed by atoms with Crippen LogP contribution in [0.25, 0.3) is 0 Å². The molecule has 0 unspecified atom stereocenters. The number of carbonyl (C=O) groups excluding carboxylic acids is 3. The molecule has 1 heterocycles. The normalized spacial score (nSPS) is 10.4. The molecule has 0 aliphatic rings. The minimum Gasteiger partial charge on any atom is -0.462 e. The van der Waals surface area contributed by atoms with Crippen molar-refractivity contribution in [3.05, 3.63) is 51.7 Å². The van der Waals surface area contributed by atoms with E-state index in [-0.39, 0.29) is 18.8 Å². The summed E-state index contributed by atoms with van der Waals surface area (Å²) in [5.74, 6) is -1.93. The van der Waals surface area contributed by atoms with Crippen molar-refractivity contribution in [2.45, 2.75) is 33.6 Å². The second-order valence-electron chi connectivity index (χ2n) is 6.04. The SMILES string of the molecule is CCOC(=O)c1c(NC(=O)COC(=O)CCc2ccc(F)cc2)sc(C)c1C. The standard InChI is InChI=1S/C20H22FNO5S/c1-4-26-20(25)18-12(2)13(3)28-19(18)22-16(23)11-27-17(24)10-7-14-5-8-15(21)9-6-14/h5-6,8-9H,4,7,10-11H2,1-3H3,(H,22,23). The Morgan fingerprint density at radius 3 is 2.43 bits per heavy atom. The van der Waals surface area contributed by atoms with Crippen molar-refractivity contribution in [3.63, 3.8) is 0 Å². The first-order valence-corrected chi connectivity index (χ1v) is 9.60. The third-order valence-electron chi connectivity index (χ3n) is 4.01. The molecule has 2 aromatic rings. The molecule has 1 amide bonds. The van der Waals surface area contributed by atoms with Crippen LogP contribution in [-0.4, -0.2) is 31.1 Å². The van der Waals surface area contributed by atoms with Gasteiger partial charge in [0.1, 0.15) is 10.8 Å². The van der Waals surface area contributed by atoms with Gasteiger partial charge in [-0.15, -0.1) is 11.3 Å². The van der Waals surface area contributed by atoms with Crippen molar-refractivity contribution < 1.29 is 28.2 Å². The van der Waals surface area contributed by atoms with Crippen LogP contribution in [0.3, 0.4) is 0 Å². The fraction of sp³-hybridized carbons (Fsp3) is 0.350. The number of rotatable bonds is 8. The van der Waals surface area contributed by atoms with E-state index < -0.39 is 24.5 Å². The molecule has 0 saturated heterocycles. The Kier molecular flexibility index (Phi) is 7.69. The van der Waals surface area contributed by atoms with E-state index in [1.165, 1.54) is 23.5 Å². The van der Waals surface area contributed by atoms with Gasteiger partial charge in [-0.1, -0.05) is 12.1 Å². The lowest BCUT2D eigenvalue weighted by molar-refractivity contribution is -0.147. The molecule has 6 nitrogen and oxygen atoms in total. The van der Waals surface area contributed by atoms with Crippen LogP contribution in [0.5, 0.6) is 0 Å². The van der Waals surface area contributed by atoms with Crippen LogP contribution in [0.15, 0.2) is 24.3 Å². The van der Waals surface area contributed by atoms with Gasteiger partial charge in [0.05, 0.1) is 12.2 Å². The van der Waals surface area contributed by atoms with Crippen molar-refractivity contribution in [2.75, 3.05) is 18.5 Å². The quantitative estimate of drug-likeness (QED) is 0.673. The molecule has 0 saturated carbocycles. The molecule has 0 aliphatic carbocycles. The first kappa shape index (κ1) is 21.6. The van der Waals surface area contributed by atoms with Crippen LogP contribution in [0, 0.1) is 19.7 Å². The molecule has 0 atom stereocenters. The largest absolute Gasteiger partial charge is 0.462 e. The lowest BCUT2D eigenvalue weighted by Crippen LogP contribution is -2.22. The Labute approximate surface area is 166 Å². The van der Waals surface area contributed by atoms with Gasteiger partial charge in [0.15, 0.2) is 6.61 Å². The third kappa shape index (κ3) is 5.88. The summed E-state index contributed by atoms with van der Waals surface area (Å²) < 4.78 is 22.9. The topological polar surface area (TPSA) is 81.7 Å². The Bertz CT molecular complexity index is 860. The smallest absolute Gasteiger partial charge is 0.341 e. The minimum atomic E-state index is -0.540. The maximum Gasteiger partial charge on any atom is 0.341 e. The number of benzene rings is 1. The fourth-order valence-electron chi connectivity index (χ4n) is 2.44. The highest BCUT2D eigenvalue weighted by Crippen LogP contribution is 2.33. The first-order valence-electron chi connectivity index (χ1n) is 8.78. The Hall–Kier alpha value is -2.74. The van der Waals surface area contributed by atoms with E-state index >= 15 is 0 Å². The number of hydrogen-bond donors (Lipinski definition) is 1. The number of nitrogens with one attached hydrogen (secondary N) is 1. The second kappa shape index (κ2) is 9.98. The summed E-state index contributed by atoms with van der Waals surface area (Å²) in [4.78, 5) is 36.9. The Morgan fingerprint density at radius 2 is 1.79 bits per heavy atom. The van der Waals surface area contributed by atoms with E-state index in [1.807, 2.05) is 6.92 Å². The summed E-state index contributed by atoms with van der Waals surface area (Å²) in [7, 11) is 0. The number of carbonyl (C=O) groups is 3. The van der Waals surface area contributed by atoms with Gasteiger partial charge in [-0.25, -0.2) is 9.18 Å². The number of amides is 1. The van der Waals surface area contributed by atoms with Crippen LogP contribution in [-0.2, 0) is 25.5 Å². The number of aryl methyl sites for hydroxylation is 2. The highest BCUT2D eigenvalue weighted by Gasteiger charge is 2.22. The third-order valence-corrected chi connectivity index (χ3v) is 5.14. The molecule has 0 fully saturated rings. The maximum absolute atomic E-state index is 12.9. The van der Waals surface area contributed by atoms with E-state index in [0.29, 0.717) is 17.0 Å². The number of hydrogen-bond acceptors (Lipinski definition) is 6. The van der Waals surface area contributed by atoms with E-state index in [4.69, 9.17) is 9.47 Å². The molecule has 28 heavy (non-hydrogen) atoms. The molecule has 1 aromatic heterocycles. The summed E-state index contributed by atoms with van der Waals surface area (Å²) in [5.41, 5.74) is 1.86. The summed E-state index contributed by atoms with van der Waals surface area (Å²) >= 11 is 1.26. The van der Waals surface area contributed by atoms with Gasteiger partial charge in [-0.05, 0) is 50.5 Å². The number of anilines is 1. The van der Waals surface area contributed by atoms with Gasteiger partial charge in [0, 0.05) is 11.3 Å². The summed E-state index contributed by atoms with van der Waals surface area (Å²) in [5, 5.41) is 2.98. The molecular weight excluding hydrogens is 385 g/mol. The van der Waals surface area contributed by atoms with Crippen LogP contribution in [0.1, 0.15) is 39.7 Å². The predicted octanol–water partition coefficient (Wildman–Crippen LogP) is 3.80. The maximum atomic E-state index is 12.9. The molecule has 2 rings (SSSR count). The van der Waals surface area contributed by atoms with E-state index in [0.717, 1.165) is 16.0 Å². The van der Waals surface area contributed by atoms with Gasteiger partial charge in [-0.3, -0.25) is 9.59 Å². The van der Waals surface area contributed by atoms with Crippen LogP contribution in [0.4, 0.5) is 9.39 Å². The summed E-state index contributed by atoms with van der Waals surface area (Å²) in [6.45, 7) is 5.10. The van der Waals surface area contributed by atoms with Gasteiger partial charge >= 0.3 is 11.9 Å².